The summed E-state index contributed by atoms with van der Waals surface area (Å²) in [6.45, 7) is 0. The van der Waals surface area contributed by atoms with Crippen LogP contribution in [0.15, 0.2) is 59.7 Å². The summed E-state index contributed by atoms with van der Waals surface area (Å²) >= 11 is 5.72. The van der Waals surface area contributed by atoms with Crippen LogP contribution in [0.3, 0.4) is 0 Å². The Morgan fingerprint density at radius 3 is 2.59 bits per heavy atom. The molecule has 3 heteroatoms. The summed E-state index contributed by atoms with van der Waals surface area (Å²) < 4.78 is 0. The summed E-state index contributed by atoms with van der Waals surface area (Å²) in [6.07, 6.45) is 7.16. The molecule has 0 saturated heterocycles. The highest BCUT2D eigenvalue weighted by Crippen LogP contribution is 2.11. The highest BCUT2D eigenvalue weighted by molar-refractivity contribution is 6.30. The Bertz CT molecular complexity index is 516. The van der Waals surface area contributed by atoms with Gasteiger partial charge in [-0.1, -0.05) is 48.0 Å². The Morgan fingerprint density at radius 1 is 1.06 bits per heavy atom. The first-order chi connectivity index (χ1) is 8.34. The van der Waals surface area contributed by atoms with Crippen molar-refractivity contribution in [2.75, 3.05) is 0 Å². The maximum atomic E-state index is 5.72. The van der Waals surface area contributed by atoms with Crippen LogP contribution in [-0.4, -0.2) is 11.2 Å². The second-order valence-corrected chi connectivity index (χ2v) is 3.82. The number of aliphatic imine (C=N–C) groups is 1. The molecule has 2 nitrogen and oxygen atoms in total. The molecule has 0 unspecified atom stereocenters. The van der Waals surface area contributed by atoms with Gasteiger partial charge in [-0.05, 0) is 23.8 Å². The fraction of sp³-hybridized carbons (Fsp3) is 0. The van der Waals surface area contributed by atoms with E-state index in [-0.39, 0.29) is 0 Å². The minimum Gasteiger partial charge on any atom is -0.237 e. The van der Waals surface area contributed by atoms with Gasteiger partial charge < -0.3 is 0 Å². The fourth-order valence-electron chi connectivity index (χ4n) is 1.28. The maximum Gasteiger partial charge on any atom is 0.151 e. The molecule has 0 atom stereocenters. The second kappa shape index (κ2) is 5.97. The molecule has 0 aliphatic heterocycles. The van der Waals surface area contributed by atoms with E-state index in [1.165, 1.54) is 0 Å². The van der Waals surface area contributed by atoms with E-state index in [1.807, 2.05) is 42.5 Å². The van der Waals surface area contributed by atoms with E-state index in [1.54, 1.807) is 24.5 Å². The zero-order chi connectivity index (χ0) is 11.9. The number of rotatable bonds is 3. The van der Waals surface area contributed by atoms with Gasteiger partial charge in [0, 0.05) is 12.4 Å². The summed E-state index contributed by atoms with van der Waals surface area (Å²) in [7, 11) is 0. The lowest BCUT2D eigenvalue weighted by atomic mass is 10.2. The van der Waals surface area contributed by atoms with Crippen molar-refractivity contribution in [3.63, 3.8) is 0 Å². The summed E-state index contributed by atoms with van der Waals surface area (Å²) in [5.74, 6) is 0.645. The predicted octanol–water partition coefficient (Wildman–Crippen LogP) is 4.15. The molecule has 0 bridgehead atoms. The summed E-state index contributed by atoms with van der Waals surface area (Å²) in [5, 5.41) is 0.615. The third kappa shape index (κ3) is 3.85. The first-order valence-corrected chi connectivity index (χ1v) is 5.60. The van der Waals surface area contributed by atoms with Crippen LogP contribution in [0, 0.1) is 0 Å². The molecular formula is C14H11ClN2. The molecule has 2 rings (SSSR count). The Hall–Kier alpha value is -1.93. The van der Waals surface area contributed by atoms with Crippen molar-refractivity contribution in [2.24, 2.45) is 4.99 Å². The summed E-state index contributed by atoms with van der Waals surface area (Å²) in [5.41, 5.74) is 1.14. The van der Waals surface area contributed by atoms with Gasteiger partial charge in [0.2, 0.25) is 0 Å². The van der Waals surface area contributed by atoms with Crippen LogP contribution >= 0.6 is 11.6 Å². The van der Waals surface area contributed by atoms with Crippen LogP contribution in [0.2, 0.25) is 5.02 Å². The smallest absolute Gasteiger partial charge is 0.151 e. The van der Waals surface area contributed by atoms with E-state index in [9.17, 15) is 0 Å². The first-order valence-electron chi connectivity index (χ1n) is 5.22. The third-order valence-corrected chi connectivity index (χ3v) is 2.32. The Kier molecular flexibility index (Phi) is 4.05. The first kappa shape index (κ1) is 11.6. The average Bonchev–Trinajstić information content (AvgIpc) is 2.38. The molecule has 1 aromatic carbocycles. The van der Waals surface area contributed by atoms with Crippen molar-refractivity contribution in [2.45, 2.75) is 0 Å². The van der Waals surface area contributed by atoms with Crippen molar-refractivity contribution in [3.8, 4) is 0 Å². The minimum atomic E-state index is 0.615. The summed E-state index contributed by atoms with van der Waals surface area (Å²) in [4.78, 5) is 8.24. The molecule has 1 heterocycles. The number of nitrogens with zero attached hydrogens (tertiary/aromatic N) is 2. The highest BCUT2D eigenvalue weighted by Gasteiger charge is 1.88. The molecule has 0 amide bonds. The molecule has 0 aliphatic carbocycles. The van der Waals surface area contributed by atoms with Crippen LogP contribution in [0.4, 0.5) is 5.82 Å². The lowest BCUT2D eigenvalue weighted by Crippen LogP contribution is -1.74. The molecule has 84 valence electrons. The largest absolute Gasteiger partial charge is 0.237 e. The van der Waals surface area contributed by atoms with Crippen LogP contribution < -0.4 is 0 Å². The molecule has 0 fully saturated rings. The Labute approximate surface area is 105 Å². The topological polar surface area (TPSA) is 25.2 Å². The molecule has 1 aromatic heterocycles. The molecule has 17 heavy (non-hydrogen) atoms. The summed E-state index contributed by atoms with van der Waals surface area (Å²) in [6, 6.07) is 13.6. The van der Waals surface area contributed by atoms with Crippen LogP contribution in [-0.2, 0) is 0 Å². The average molecular weight is 243 g/mol. The van der Waals surface area contributed by atoms with Crippen molar-refractivity contribution in [3.05, 3.63) is 65.3 Å². The van der Waals surface area contributed by atoms with Gasteiger partial charge in [0.1, 0.15) is 0 Å². The van der Waals surface area contributed by atoms with Crippen LogP contribution in [0.1, 0.15) is 5.56 Å². The fourth-order valence-corrected chi connectivity index (χ4v) is 1.39. The molecule has 0 aliphatic rings. The number of benzene rings is 1. The molecule has 2 aromatic rings. The van der Waals surface area contributed by atoms with E-state index in [0.29, 0.717) is 10.8 Å². The van der Waals surface area contributed by atoms with E-state index in [4.69, 9.17) is 11.6 Å². The van der Waals surface area contributed by atoms with Crippen molar-refractivity contribution in [1.82, 2.24) is 4.98 Å². The van der Waals surface area contributed by atoms with Crippen molar-refractivity contribution in [1.29, 1.82) is 0 Å². The quantitative estimate of drug-likeness (QED) is 0.743. The van der Waals surface area contributed by atoms with Crippen molar-refractivity contribution < 1.29 is 0 Å². The highest BCUT2D eigenvalue weighted by atomic mass is 35.5. The van der Waals surface area contributed by atoms with Crippen LogP contribution in [0.5, 0.6) is 0 Å². The number of hydrogen-bond donors (Lipinski definition) is 0. The Morgan fingerprint density at radius 2 is 1.88 bits per heavy atom. The molecular weight excluding hydrogens is 232 g/mol. The maximum absolute atomic E-state index is 5.72. The SMILES string of the molecule is Clc1ccc(N=C/C=C\c2ccccc2)nc1. The van der Waals surface area contributed by atoms with Gasteiger partial charge in [0.05, 0.1) is 5.02 Å². The van der Waals surface area contributed by atoms with Crippen LogP contribution in [0.25, 0.3) is 6.08 Å². The van der Waals surface area contributed by atoms with Gasteiger partial charge >= 0.3 is 0 Å². The predicted molar refractivity (Wildman–Crippen MR) is 72.9 cm³/mol. The van der Waals surface area contributed by atoms with Crippen molar-refractivity contribution >= 4 is 29.7 Å². The van der Waals surface area contributed by atoms with Gasteiger partial charge in [-0.15, -0.1) is 0 Å². The molecule has 0 spiro atoms. The van der Waals surface area contributed by atoms with Gasteiger partial charge in [-0.25, -0.2) is 9.98 Å². The zero-order valence-electron chi connectivity index (χ0n) is 9.12. The normalized spacial score (nSPS) is 11.4. The van der Waals surface area contributed by atoms with E-state index < -0.39 is 0 Å². The second-order valence-electron chi connectivity index (χ2n) is 3.38. The molecule has 0 N–H and O–H groups in total. The standard InChI is InChI=1S/C14H11ClN2/c15-13-8-9-14(17-11-13)16-10-4-7-12-5-2-1-3-6-12/h1-11H/b7-4-,16-10?. The number of aromatic nitrogens is 1. The number of pyridine rings is 1. The minimum absolute atomic E-state index is 0.615. The van der Waals surface area contributed by atoms with Gasteiger partial charge in [0.15, 0.2) is 5.82 Å². The molecule has 0 radical (unpaired) electrons. The van der Waals surface area contributed by atoms with Gasteiger partial charge in [0.25, 0.3) is 0 Å². The van der Waals surface area contributed by atoms with Gasteiger partial charge in [-0.2, -0.15) is 0 Å². The van der Waals surface area contributed by atoms with E-state index in [2.05, 4.69) is 9.98 Å². The third-order valence-electron chi connectivity index (χ3n) is 2.09. The lowest BCUT2D eigenvalue weighted by Gasteiger charge is -1.91. The number of halogens is 1. The monoisotopic (exact) mass is 242 g/mol. The number of hydrogen-bond acceptors (Lipinski definition) is 2. The Balaban J connectivity index is 1.98. The number of allylic oxidation sites excluding steroid dienone is 1. The molecule has 0 saturated carbocycles. The van der Waals surface area contributed by atoms with E-state index in [0.717, 1.165) is 5.56 Å². The zero-order valence-corrected chi connectivity index (χ0v) is 9.88. The van der Waals surface area contributed by atoms with Gasteiger partial charge in [-0.3, -0.25) is 0 Å². The van der Waals surface area contributed by atoms with E-state index >= 15 is 0 Å². The lowest BCUT2D eigenvalue weighted by molar-refractivity contribution is 1.28.